The first kappa shape index (κ1) is 15.7. The van der Waals surface area contributed by atoms with E-state index in [2.05, 4.69) is 58.5 Å². The summed E-state index contributed by atoms with van der Waals surface area (Å²) in [5, 5.41) is 6.75. The lowest BCUT2D eigenvalue weighted by Gasteiger charge is -2.15. The highest BCUT2D eigenvalue weighted by Crippen LogP contribution is 2.29. The smallest absolute Gasteiger partial charge is 0.119 e. The molecule has 2 heterocycles. The molecule has 0 unspecified atom stereocenters. The Morgan fingerprint density at radius 3 is 2.84 bits per heavy atom. The lowest BCUT2D eigenvalue weighted by Crippen LogP contribution is -2.21. The Kier molecular flexibility index (Phi) is 3.73. The highest BCUT2D eigenvalue weighted by molar-refractivity contribution is 6.07. The van der Waals surface area contributed by atoms with Crippen LogP contribution in [-0.2, 0) is 0 Å². The molecular formula is C20H22N4O. The number of imidazole rings is 1. The third kappa shape index (κ3) is 2.48. The molecule has 5 nitrogen and oxygen atoms in total. The van der Waals surface area contributed by atoms with Gasteiger partial charge in [-0.3, -0.25) is 4.40 Å². The number of hydrogen-bond donors (Lipinski definition) is 1. The van der Waals surface area contributed by atoms with Crippen molar-refractivity contribution in [3.63, 3.8) is 0 Å². The Morgan fingerprint density at radius 1 is 1.24 bits per heavy atom. The van der Waals surface area contributed by atoms with Crippen LogP contribution < -0.4 is 15.3 Å². The van der Waals surface area contributed by atoms with E-state index in [9.17, 15) is 0 Å². The van der Waals surface area contributed by atoms with Gasteiger partial charge >= 0.3 is 0 Å². The van der Waals surface area contributed by atoms with Crippen LogP contribution in [0.3, 0.4) is 0 Å². The van der Waals surface area contributed by atoms with Crippen LogP contribution in [0.2, 0.25) is 0 Å². The molecule has 4 aromatic rings. The highest BCUT2D eigenvalue weighted by Gasteiger charge is 2.14. The van der Waals surface area contributed by atoms with Crippen LogP contribution in [0.15, 0.2) is 36.7 Å². The average molecular weight is 334 g/mol. The van der Waals surface area contributed by atoms with Gasteiger partial charge in [0.15, 0.2) is 0 Å². The number of pyridine rings is 1. The van der Waals surface area contributed by atoms with Gasteiger partial charge in [-0.05, 0) is 49.6 Å². The minimum absolute atomic E-state index is 0.831. The highest BCUT2D eigenvalue weighted by atomic mass is 16.5. The summed E-state index contributed by atoms with van der Waals surface area (Å²) in [6, 6.07) is 10.2. The molecule has 0 bridgehead atoms. The van der Waals surface area contributed by atoms with Crippen molar-refractivity contribution in [2.45, 2.75) is 0 Å². The monoisotopic (exact) mass is 334 g/mol. The number of anilines is 1. The summed E-state index contributed by atoms with van der Waals surface area (Å²) < 4.78 is 7.55. The van der Waals surface area contributed by atoms with E-state index in [4.69, 9.17) is 4.74 Å². The molecule has 2 aromatic carbocycles. The first-order chi connectivity index (χ1) is 12.1. The summed E-state index contributed by atoms with van der Waals surface area (Å²) in [7, 11) is 5.84. The molecule has 128 valence electrons. The number of benzene rings is 2. The molecule has 0 saturated carbocycles. The van der Waals surface area contributed by atoms with Crippen molar-refractivity contribution in [1.29, 1.82) is 0 Å². The van der Waals surface area contributed by atoms with Gasteiger partial charge in [-0.25, -0.2) is 4.98 Å². The van der Waals surface area contributed by atoms with Crippen LogP contribution >= 0.6 is 0 Å². The fourth-order valence-electron chi connectivity index (χ4n) is 3.38. The fraction of sp³-hybridized carbons (Fsp3) is 0.250. The van der Waals surface area contributed by atoms with Crippen LogP contribution in [0.5, 0.6) is 5.75 Å². The number of nitrogens with zero attached hydrogens (tertiary/aromatic N) is 3. The zero-order valence-electron chi connectivity index (χ0n) is 14.8. The van der Waals surface area contributed by atoms with Crippen molar-refractivity contribution in [2.24, 2.45) is 0 Å². The van der Waals surface area contributed by atoms with Gasteiger partial charge in [0.25, 0.3) is 0 Å². The quantitative estimate of drug-likeness (QED) is 0.570. The third-order valence-electron chi connectivity index (χ3n) is 4.67. The van der Waals surface area contributed by atoms with Gasteiger partial charge in [0, 0.05) is 29.5 Å². The Balaban J connectivity index is 2.01. The minimum Gasteiger partial charge on any atom is -0.497 e. The first-order valence-corrected chi connectivity index (χ1v) is 8.37. The summed E-state index contributed by atoms with van der Waals surface area (Å²) in [5.41, 5.74) is 4.27. The van der Waals surface area contributed by atoms with Gasteiger partial charge in [0.05, 0.1) is 23.7 Å². The zero-order chi connectivity index (χ0) is 17.6. The first-order valence-electron chi connectivity index (χ1n) is 8.37. The summed E-state index contributed by atoms with van der Waals surface area (Å²) in [6.45, 7) is 6.23. The fourth-order valence-corrected chi connectivity index (χ4v) is 3.38. The molecule has 5 heteroatoms. The van der Waals surface area contributed by atoms with Gasteiger partial charge in [0.2, 0.25) is 0 Å². The molecule has 0 aliphatic carbocycles. The molecule has 0 atom stereocenters. The number of nitrogens with one attached hydrogen (secondary N) is 1. The van der Waals surface area contributed by atoms with Crippen molar-refractivity contribution in [1.82, 2.24) is 14.3 Å². The second-order valence-electron chi connectivity index (χ2n) is 6.56. The second-order valence-corrected chi connectivity index (χ2v) is 6.56. The van der Waals surface area contributed by atoms with Crippen molar-refractivity contribution in [3.8, 4) is 5.75 Å². The van der Waals surface area contributed by atoms with Crippen LogP contribution in [0.4, 0.5) is 5.69 Å². The number of methoxy groups -OCH3 is 1. The van der Waals surface area contributed by atoms with Gasteiger partial charge < -0.3 is 15.0 Å². The normalized spacial score (nSPS) is 11.8. The van der Waals surface area contributed by atoms with E-state index in [-0.39, 0.29) is 0 Å². The van der Waals surface area contributed by atoms with Crippen molar-refractivity contribution in [3.05, 3.63) is 41.9 Å². The number of hydrogen-bond acceptors (Lipinski definition) is 4. The van der Waals surface area contributed by atoms with E-state index in [1.165, 1.54) is 0 Å². The number of fused-ring (bicyclic) bond motifs is 2. The summed E-state index contributed by atoms with van der Waals surface area (Å²) in [4.78, 5) is 6.73. The summed E-state index contributed by atoms with van der Waals surface area (Å²) in [5.74, 6) is 0.831. The standard InChI is InChI=1S/C20H22N4O/c1-13-15-11-14(25-4)5-8-18(15)24-12-22-17-7-6-16(19(13)20(17)24)21-9-10-23(2)3/h5-8,11-12,21H,1,9-10H2,2-4H3. The molecular weight excluding hydrogens is 312 g/mol. The van der Waals surface area contributed by atoms with Crippen molar-refractivity contribution in [2.75, 3.05) is 39.6 Å². The Hall–Kier alpha value is -2.79. The third-order valence-corrected chi connectivity index (χ3v) is 4.67. The van der Waals surface area contributed by atoms with Crippen LogP contribution in [0, 0.1) is 0 Å². The van der Waals surface area contributed by atoms with E-state index >= 15 is 0 Å². The maximum atomic E-state index is 5.41. The average Bonchev–Trinajstić information content (AvgIpc) is 3.04. The Bertz CT molecular complexity index is 1110. The van der Waals surface area contributed by atoms with Gasteiger partial charge in [-0.2, -0.15) is 0 Å². The maximum Gasteiger partial charge on any atom is 0.119 e. The second kappa shape index (κ2) is 5.93. The lowest BCUT2D eigenvalue weighted by atomic mass is 10.1. The zero-order valence-corrected chi connectivity index (χ0v) is 14.8. The molecule has 0 radical (unpaired) electrons. The SMILES string of the molecule is C=c1c2cc(OC)ccc2n2cnc3ccc(NCCN(C)C)c1c32. The molecule has 0 amide bonds. The van der Waals surface area contributed by atoms with Crippen LogP contribution in [0.25, 0.3) is 33.9 Å². The van der Waals surface area contributed by atoms with Gasteiger partial charge in [-0.15, -0.1) is 0 Å². The Labute approximate surface area is 146 Å². The van der Waals surface area contributed by atoms with E-state index < -0.39 is 0 Å². The van der Waals surface area contributed by atoms with Gasteiger partial charge in [0.1, 0.15) is 12.1 Å². The van der Waals surface area contributed by atoms with E-state index in [1.54, 1.807) is 7.11 Å². The molecule has 2 aromatic heterocycles. The number of rotatable bonds is 5. The van der Waals surface area contributed by atoms with E-state index in [0.717, 1.165) is 57.1 Å². The number of likely N-dealkylation sites (N-methyl/N-ethyl adjacent to an activating group) is 1. The predicted octanol–water partition coefficient (Wildman–Crippen LogP) is 2.75. The molecule has 25 heavy (non-hydrogen) atoms. The largest absolute Gasteiger partial charge is 0.497 e. The molecule has 0 fully saturated rings. The molecule has 0 spiro atoms. The topological polar surface area (TPSA) is 41.8 Å². The molecule has 0 saturated heterocycles. The molecule has 1 N–H and O–H groups in total. The Morgan fingerprint density at radius 2 is 2.08 bits per heavy atom. The summed E-state index contributed by atoms with van der Waals surface area (Å²) in [6.07, 6.45) is 1.88. The number of aromatic nitrogens is 2. The minimum atomic E-state index is 0.831. The van der Waals surface area contributed by atoms with E-state index in [0.29, 0.717) is 0 Å². The lowest BCUT2D eigenvalue weighted by molar-refractivity contribution is 0.415. The van der Waals surface area contributed by atoms with Gasteiger partial charge in [-0.1, -0.05) is 6.58 Å². The number of ether oxygens (including phenoxy) is 1. The molecule has 4 rings (SSSR count). The van der Waals surface area contributed by atoms with Crippen molar-refractivity contribution < 1.29 is 4.74 Å². The van der Waals surface area contributed by atoms with Crippen LogP contribution in [0.1, 0.15) is 0 Å². The van der Waals surface area contributed by atoms with Crippen molar-refractivity contribution >= 4 is 39.6 Å². The molecule has 0 aliphatic rings. The maximum absolute atomic E-state index is 5.41. The molecule has 0 aliphatic heterocycles. The summed E-state index contributed by atoms with van der Waals surface area (Å²) >= 11 is 0. The van der Waals surface area contributed by atoms with Crippen LogP contribution in [-0.4, -0.2) is 48.6 Å². The van der Waals surface area contributed by atoms with E-state index in [1.807, 2.05) is 18.5 Å². The predicted molar refractivity (Wildman–Crippen MR) is 105 cm³/mol.